The molecule has 1 atom stereocenters. The molecule has 1 aliphatic rings. The number of rotatable bonds is 5. The van der Waals surface area contributed by atoms with Crippen LogP contribution in [-0.4, -0.2) is 59.1 Å². The van der Waals surface area contributed by atoms with E-state index in [4.69, 9.17) is 0 Å². The van der Waals surface area contributed by atoms with Crippen LogP contribution in [0.3, 0.4) is 0 Å². The first-order valence-electron chi connectivity index (χ1n) is 6.64. The summed E-state index contributed by atoms with van der Waals surface area (Å²) in [5.41, 5.74) is -0.723. The second-order valence-electron chi connectivity index (χ2n) is 5.21. The molecule has 1 saturated heterocycles. The summed E-state index contributed by atoms with van der Waals surface area (Å²) in [6.45, 7) is 9.24. The van der Waals surface area contributed by atoms with E-state index in [1.54, 1.807) is 0 Å². The minimum atomic E-state index is -0.723. The molecule has 100 valence electrons. The van der Waals surface area contributed by atoms with Crippen LogP contribution >= 0.6 is 0 Å². The maximum absolute atomic E-state index is 11.4. The van der Waals surface area contributed by atoms with E-state index in [1.165, 1.54) is 0 Å². The molecule has 0 aliphatic carbocycles. The number of carboxylic acid groups (broad SMARTS) is 1. The maximum atomic E-state index is 11.4. The van der Waals surface area contributed by atoms with E-state index in [1.807, 2.05) is 20.9 Å². The highest BCUT2D eigenvalue weighted by atomic mass is 16.4. The van der Waals surface area contributed by atoms with Gasteiger partial charge in [-0.05, 0) is 52.9 Å². The van der Waals surface area contributed by atoms with Crippen molar-refractivity contribution in [3.63, 3.8) is 0 Å². The molecule has 4 heteroatoms. The van der Waals surface area contributed by atoms with Gasteiger partial charge in [0.25, 0.3) is 0 Å². The first-order valence-corrected chi connectivity index (χ1v) is 6.64. The molecule has 0 spiro atoms. The normalized spacial score (nSPS) is 22.6. The van der Waals surface area contributed by atoms with E-state index in [0.29, 0.717) is 12.5 Å². The molecule has 1 rings (SSSR count). The molecule has 1 unspecified atom stereocenters. The highest BCUT2D eigenvalue weighted by molar-refractivity contribution is 5.78. The van der Waals surface area contributed by atoms with Gasteiger partial charge in [-0.25, -0.2) is 0 Å². The summed E-state index contributed by atoms with van der Waals surface area (Å²) < 4.78 is 0. The van der Waals surface area contributed by atoms with Gasteiger partial charge in [-0.1, -0.05) is 13.8 Å². The van der Waals surface area contributed by atoms with Crippen LogP contribution in [-0.2, 0) is 4.79 Å². The Hall–Kier alpha value is -0.610. The Morgan fingerprint density at radius 3 is 2.29 bits per heavy atom. The Morgan fingerprint density at radius 2 is 1.94 bits per heavy atom. The van der Waals surface area contributed by atoms with E-state index >= 15 is 0 Å². The molecule has 0 aromatic heterocycles. The zero-order valence-electron chi connectivity index (χ0n) is 11.6. The van der Waals surface area contributed by atoms with E-state index < -0.39 is 11.5 Å². The molecule has 1 fully saturated rings. The molecule has 1 heterocycles. The SMILES string of the molecule is CCN1CCC(N(C)C(C)(CC)C(=O)O)CC1. The lowest BCUT2D eigenvalue weighted by Crippen LogP contribution is -2.56. The van der Waals surface area contributed by atoms with E-state index in [-0.39, 0.29) is 0 Å². The fourth-order valence-corrected chi connectivity index (χ4v) is 2.58. The van der Waals surface area contributed by atoms with E-state index in [2.05, 4.69) is 16.7 Å². The van der Waals surface area contributed by atoms with Crippen LogP contribution < -0.4 is 0 Å². The van der Waals surface area contributed by atoms with Gasteiger partial charge in [-0.2, -0.15) is 0 Å². The van der Waals surface area contributed by atoms with Crippen molar-refractivity contribution in [2.24, 2.45) is 0 Å². The predicted octanol–water partition coefficient (Wildman–Crippen LogP) is 1.66. The number of likely N-dealkylation sites (tertiary alicyclic amines) is 1. The minimum absolute atomic E-state index is 0.402. The summed E-state index contributed by atoms with van der Waals surface area (Å²) >= 11 is 0. The molecule has 1 N–H and O–H groups in total. The Kier molecular flexibility index (Phi) is 4.95. The van der Waals surface area contributed by atoms with Crippen molar-refractivity contribution >= 4 is 5.97 Å². The third-order valence-corrected chi connectivity index (χ3v) is 4.48. The van der Waals surface area contributed by atoms with Crippen LogP contribution in [0.2, 0.25) is 0 Å². The molecule has 1 aliphatic heterocycles. The van der Waals surface area contributed by atoms with Gasteiger partial charge in [0.05, 0.1) is 0 Å². The predicted molar refractivity (Wildman–Crippen MR) is 69.2 cm³/mol. The average Bonchev–Trinajstić information content (AvgIpc) is 2.36. The number of carbonyl (C=O) groups is 1. The molecule has 0 amide bonds. The summed E-state index contributed by atoms with van der Waals surface area (Å²) in [4.78, 5) is 15.9. The zero-order valence-corrected chi connectivity index (χ0v) is 11.6. The quantitative estimate of drug-likeness (QED) is 0.796. The van der Waals surface area contributed by atoms with Crippen molar-refractivity contribution in [2.45, 2.75) is 51.6 Å². The van der Waals surface area contributed by atoms with Crippen LogP contribution in [0.4, 0.5) is 0 Å². The second kappa shape index (κ2) is 5.83. The lowest BCUT2D eigenvalue weighted by Gasteiger charge is -2.43. The largest absolute Gasteiger partial charge is 0.480 e. The van der Waals surface area contributed by atoms with Crippen molar-refractivity contribution < 1.29 is 9.90 Å². The van der Waals surface area contributed by atoms with Crippen LogP contribution in [0.5, 0.6) is 0 Å². The average molecular weight is 242 g/mol. The monoisotopic (exact) mass is 242 g/mol. The topological polar surface area (TPSA) is 43.8 Å². The molecule has 0 aromatic rings. The molecular formula is C13H26N2O2. The first kappa shape index (κ1) is 14.5. The number of hydrogen-bond donors (Lipinski definition) is 1. The van der Waals surface area contributed by atoms with Gasteiger partial charge in [0.1, 0.15) is 5.54 Å². The number of carboxylic acids is 1. The third-order valence-electron chi connectivity index (χ3n) is 4.48. The Bertz CT molecular complexity index is 262. The number of likely N-dealkylation sites (N-methyl/N-ethyl adjacent to an activating group) is 1. The molecule has 17 heavy (non-hydrogen) atoms. The Balaban J connectivity index is 2.64. The van der Waals surface area contributed by atoms with E-state index in [0.717, 1.165) is 32.5 Å². The van der Waals surface area contributed by atoms with Gasteiger partial charge >= 0.3 is 5.97 Å². The van der Waals surface area contributed by atoms with Crippen molar-refractivity contribution in [1.82, 2.24) is 9.80 Å². The zero-order chi connectivity index (χ0) is 13.1. The van der Waals surface area contributed by atoms with Gasteiger partial charge in [-0.3, -0.25) is 9.69 Å². The highest BCUT2D eigenvalue weighted by Gasteiger charge is 2.39. The summed E-state index contributed by atoms with van der Waals surface area (Å²) in [7, 11) is 1.96. The molecule has 4 nitrogen and oxygen atoms in total. The number of piperidine rings is 1. The van der Waals surface area contributed by atoms with Crippen molar-refractivity contribution in [3.05, 3.63) is 0 Å². The van der Waals surface area contributed by atoms with Crippen LogP contribution in [0.25, 0.3) is 0 Å². The van der Waals surface area contributed by atoms with Gasteiger partial charge in [-0.15, -0.1) is 0 Å². The third kappa shape index (κ3) is 2.99. The first-order chi connectivity index (χ1) is 7.95. The lowest BCUT2D eigenvalue weighted by atomic mass is 9.92. The maximum Gasteiger partial charge on any atom is 0.323 e. The molecule has 0 aromatic carbocycles. The fraction of sp³-hybridized carbons (Fsp3) is 0.923. The number of hydrogen-bond acceptors (Lipinski definition) is 3. The van der Waals surface area contributed by atoms with Crippen LogP contribution in [0.15, 0.2) is 0 Å². The molecule has 0 bridgehead atoms. The highest BCUT2D eigenvalue weighted by Crippen LogP contribution is 2.25. The summed E-state index contributed by atoms with van der Waals surface area (Å²) in [6, 6.07) is 0.402. The Labute approximate surface area is 105 Å². The molecule has 0 saturated carbocycles. The van der Waals surface area contributed by atoms with Crippen LogP contribution in [0.1, 0.15) is 40.0 Å². The van der Waals surface area contributed by atoms with Crippen molar-refractivity contribution in [2.75, 3.05) is 26.7 Å². The standard InChI is InChI=1S/C13H26N2O2/c1-5-13(3,12(16)17)14(4)11-7-9-15(6-2)10-8-11/h11H,5-10H2,1-4H3,(H,16,17). The number of nitrogens with zero attached hydrogens (tertiary/aromatic N) is 2. The van der Waals surface area contributed by atoms with Crippen LogP contribution in [0, 0.1) is 0 Å². The van der Waals surface area contributed by atoms with E-state index in [9.17, 15) is 9.90 Å². The van der Waals surface area contributed by atoms with Gasteiger partial charge in [0, 0.05) is 6.04 Å². The lowest BCUT2D eigenvalue weighted by molar-refractivity contribution is -0.152. The Morgan fingerprint density at radius 1 is 1.41 bits per heavy atom. The van der Waals surface area contributed by atoms with Gasteiger partial charge in [0.2, 0.25) is 0 Å². The van der Waals surface area contributed by atoms with Gasteiger partial charge in [0.15, 0.2) is 0 Å². The molecular weight excluding hydrogens is 216 g/mol. The fourth-order valence-electron chi connectivity index (χ4n) is 2.58. The summed E-state index contributed by atoms with van der Waals surface area (Å²) in [6.07, 6.45) is 2.80. The van der Waals surface area contributed by atoms with Crippen molar-refractivity contribution in [3.8, 4) is 0 Å². The summed E-state index contributed by atoms with van der Waals surface area (Å²) in [5.74, 6) is -0.708. The van der Waals surface area contributed by atoms with Gasteiger partial charge < -0.3 is 10.0 Å². The van der Waals surface area contributed by atoms with Crippen molar-refractivity contribution in [1.29, 1.82) is 0 Å². The minimum Gasteiger partial charge on any atom is -0.480 e. The summed E-state index contributed by atoms with van der Waals surface area (Å²) in [5, 5.41) is 9.38. The number of aliphatic carboxylic acids is 1. The second-order valence-corrected chi connectivity index (χ2v) is 5.21. The smallest absolute Gasteiger partial charge is 0.323 e. The molecule has 0 radical (unpaired) electrons.